The molecule has 0 heterocycles. The van der Waals surface area contributed by atoms with E-state index < -0.39 is 0 Å². The average molecular weight is 221 g/mol. The quantitative estimate of drug-likeness (QED) is 0.770. The number of nitrogens with two attached hydrogens (primary N) is 1. The predicted octanol–water partition coefficient (Wildman–Crippen LogP) is 3.58. The molecule has 2 heteroatoms. The zero-order valence-electron chi connectivity index (χ0n) is 10.1. The summed E-state index contributed by atoms with van der Waals surface area (Å²) in [5.41, 5.74) is 7.43. The van der Waals surface area contributed by atoms with E-state index in [-0.39, 0.29) is 16.8 Å². The maximum Gasteiger partial charge on any atom is 0.123 e. The van der Waals surface area contributed by atoms with E-state index in [1.54, 1.807) is 0 Å². The third kappa shape index (κ3) is 1.75. The minimum Gasteiger partial charge on any atom is -0.321 e. The molecule has 0 spiro atoms. The second-order valence-electron chi connectivity index (χ2n) is 5.57. The van der Waals surface area contributed by atoms with Crippen molar-refractivity contribution < 1.29 is 4.39 Å². The number of benzene rings is 1. The van der Waals surface area contributed by atoms with Gasteiger partial charge in [-0.2, -0.15) is 0 Å². The highest BCUT2D eigenvalue weighted by Gasteiger charge is 2.44. The van der Waals surface area contributed by atoms with Gasteiger partial charge < -0.3 is 5.73 Å². The average Bonchev–Trinajstić information content (AvgIpc) is 2.23. The van der Waals surface area contributed by atoms with Gasteiger partial charge in [0.15, 0.2) is 0 Å². The molecule has 0 bridgehead atoms. The van der Waals surface area contributed by atoms with Crippen molar-refractivity contribution in [2.45, 2.75) is 45.1 Å². The molecule has 1 aromatic rings. The van der Waals surface area contributed by atoms with Crippen LogP contribution in [0.1, 0.15) is 45.1 Å². The predicted molar refractivity (Wildman–Crippen MR) is 64.5 cm³/mol. The number of halogens is 1. The summed E-state index contributed by atoms with van der Waals surface area (Å²) in [7, 11) is 0. The normalized spacial score (nSPS) is 29.0. The summed E-state index contributed by atoms with van der Waals surface area (Å²) < 4.78 is 12.9. The Morgan fingerprint density at radius 2 is 1.62 bits per heavy atom. The second kappa shape index (κ2) is 3.85. The SMILES string of the molecule is CC1(C)CCCCC1(N)c1ccc(F)cc1. The summed E-state index contributed by atoms with van der Waals surface area (Å²) in [5.74, 6) is -0.194. The summed E-state index contributed by atoms with van der Waals surface area (Å²) in [6, 6.07) is 6.69. The van der Waals surface area contributed by atoms with E-state index in [1.807, 2.05) is 12.1 Å². The van der Waals surface area contributed by atoms with Gasteiger partial charge in [-0.15, -0.1) is 0 Å². The lowest BCUT2D eigenvalue weighted by Crippen LogP contribution is -2.51. The first-order valence-corrected chi connectivity index (χ1v) is 6.01. The van der Waals surface area contributed by atoms with Gasteiger partial charge in [-0.3, -0.25) is 0 Å². The summed E-state index contributed by atoms with van der Waals surface area (Å²) in [6.07, 6.45) is 4.54. The first-order chi connectivity index (χ1) is 7.46. The Morgan fingerprint density at radius 3 is 2.19 bits per heavy atom. The van der Waals surface area contributed by atoms with Gasteiger partial charge in [-0.25, -0.2) is 4.39 Å². The summed E-state index contributed by atoms with van der Waals surface area (Å²) in [4.78, 5) is 0. The number of hydrogen-bond acceptors (Lipinski definition) is 1. The topological polar surface area (TPSA) is 26.0 Å². The maximum atomic E-state index is 12.9. The van der Waals surface area contributed by atoms with Crippen LogP contribution >= 0.6 is 0 Å². The maximum absolute atomic E-state index is 12.9. The van der Waals surface area contributed by atoms with Crippen LogP contribution in [0.25, 0.3) is 0 Å². The van der Waals surface area contributed by atoms with Crippen molar-refractivity contribution in [2.75, 3.05) is 0 Å². The first-order valence-electron chi connectivity index (χ1n) is 6.01. The lowest BCUT2D eigenvalue weighted by atomic mass is 9.61. The van der Waals surface area contributed by atoms with Gasteiger partial charge in [0.05, 0.1) is 0 Å². The van der Waals surface area contributed by atoms with Crippen molar-refractivity contribution in [1.82, 2.24) is 0 Å². The van der Waals surface area contributed by atoms with E-state index in [0.29, 0.717) is 0 Å². The fraction of sp³-hybridized carbons (Fsp3) is 0.571. The molecule has 1 aromatic carbocycles. The first kappa shape index (κ1) is 11.6. The van der Waals surface area contributed by atoms with Crippen LogP contribution in [0.5, 0.6) is 0 Å². The minimum atomic E-state index is -0.307. The third-order valence-electron chi connectivity index (χ3n) is 4.19. The molecule has 1 aliphatic carbocycles. The van der Waals surface area contributed by atoms with Crippen molar-refractivity contribution in [1.29, 1.82) is 0 Å². The van der Waals surface area contributed by atoms with Gasteiger partial charge in [0, 0.05) is 5.54 Å². The molecule has 2 rings (SSSR count). The smallest absolute Gasteiger partial charge is 0.123 e. The number of rotatable bonds is 1. The van der Waals surface area contributed by atoms with Crippen molar-refractivity contribution in [3.63, 3.8) is 0 Å². The monoisotopic (exact) mass is 221 g/mol. The Bertz CT molecular complexity index is 369. The van der Waals surface area contributed by atoms with E-state index in [0.717, 1.165) is 24.8 Å². The molecule has 88 valence electrons. The van der Waals surface area contributed by atoms with Crippen molar-refractivity contribution in [3.05, 3.63) is 35.6 Å². The van der Waals surface area contributed by atoms with E-state index in [2.05, 4.69) is 13.8 Å². The van der Waals surface area contributed by atoms with E-state index in [1.165, 1.54) is 18.6 Å². The Kier molecular flexibility index (Phi) is 2.79. The lowest BCUT2D eigenvalue weighted by Gasteiger charge is -2.48. The molecule has 0 amide bonds. The highest BCUT2D eigenvalue weighted by atomic mass is 19.1. The molecular formula is C14H20FN. The molecule has 0 aliphatic heterocycles. The summed E-state index contributed by atoms with van der Waals surface area (Å²) in [6.45, 7) is 4.44. The fourth-order valence-electron chi connectivity index (χ4n) is 2.81. The van der Waals surface area contributed by atoms with Gasteiger partial charge in [-0.1, -0.05) is 38.8 Å². The highest BCUT2D eigenvalue weighted by molar-refractivity contribution is 5.28. The molecule has 0 saturated heterocycles. The largest absolute Gasteiger partial charge is 0.321 e. The molecule has 1 atom stereocenters. The molecule has 0 radical (unpaired) electrons. The van der Waals surface area contributed by atoms with Crippen LogP contribution in [0.15, 0.2) is 24.3 Å². The Hall–Kier alpha value is -0.890. The standard InChI is InChI=1S/C14H20FN/c1-13(2)9-3-4-10-14(13,16)11-5-7-12(15)8-6-11/h5-8H,3-4,9-10,16H2,1-2H3. The molecule has 0 aromatic heterocycles. The molecule has 1 saturated carbocycles. The summed E-state index contributed by atoms with van der Waals surface area (Å²) in [5, 5.41) is 0. The highest BCUT2D eigenvalue weighted by Crippen LogP contribution is 2.48. The van der Waals surface area contributed by atoms with E-state index in [4.69, 9.17) is 5.73 Å². The van der Waals surface area contributed by atoms with E-state index in [9.17, 15) is 4.39 Å². The van der Waals surface area contributed by atoms with Crippen LogP contribution in [-0.2, 0) is 5.54 Å². The van der Waals surface area contributed by atoms with Crippen LogP contribution in [0.2, 0.25) is 0 Å². The van der Waals surface area contributed by atoms with Crippen LogP contribution in [0.3, 0.4) is 0 Å². The van der Waals surface area contributed by atoms with Crippen LogP contribution in [0.4, 0.5) is 4.39 Å². The molecule has 1 fully saturated rings. The molecule has 1 unspecified atom stereocenters. The Morgan fingerprint density at radius 1 is 1.06 bits per heavy atom. The zero-order valence-corrected chi connectivity index (χ0v) is 10.1. The van der Waals surface area contributed by atoms with Gasteiger partial charge in [0.2, 0.25) is 0 Å². The fourth-order valence-corrected chi connectivity index (χ4v) is 2.81. The van der Waals surface area contributed by atoms with E-state index >= 15 is 0 Å². The Labute approximate surface area is 96.9 Å². The van der Waals surface area contributed by atoms with Crippen LogP contribution in [-0.4, -0.2) is 0 Å². The molecule has 2 N–H and O–H groups in total. The van der Waals surface area contributed by atoms with Gasteiger partial charge >= 0.3 is 0 Å². The van der Waals surface area contributed by atoms with Crippen molar-refractivity contribution >= 4 is 0 Å². The third-order valence-corrected chi connectivity index (χ3v) is 4.19. The Balaban J connectivity index is 2.39. The molecular weight excluding hydrogens is 201 g/mol. The lowest BCUT2D eigenvalue weighted by molar-refractivity contribution is 0.0978. The van der Waals surface area contributed by atoms with Crippen LogP contribution in [0, 0.1) is 11.2 Å². The molecule has 16 heavy (non-hydrogen) atoms. The van der Waals surface area contributed by atoms with Crippen molar-refractivity contribution in [3.8, 4) is 0 Å². The molecule has 1 aliphatic rings. The minimum absolute atomic E-state index is 0.0864. The second-order valence-corrected chi connectivity index (χ2v) is 5.57. The van der Waals surface area contributed by atoms with Crippen molar-refractivity contribution in [2.24, 2.45) is 11.1 Å². The molecule has 1 nitrogen and oxygen atoms in total. The van der Waals surface area contributed by atoms with Gasteiger partial charge in [0.1, 0.15) is 5.82 Å². The van der Waals surface area contributed by atoms with Crippen LogP contribution < -0.4 is 5.73 Å². The van der Waals surface area contributed by atoms with Gasteiger partial charge in [0.25, 0.3) is 0 Å². The summed E-state index contributed by atoms with van der Waals surface area (Å²) >= 11 is 0. The van der Waals surface area contributed by atoms with Gasteiger partial charge in [-0.05, 0) is 36.0 Å². The number of hydrogen-bond donors (Lipinski definition) is 1. The zero-order chi connectivity index (χ0) is 11.8.